The lowest BCUT2D eigenvalue weighted by molar-refractivity contribution is 0.587. The Morgan fingerprint density at radius 3 is 1.83 bits per heavy atom. The maximum absolute atomic E-state index is 13.7. The van der Waals surface area contributed by atoms with Crippen LogP contribution in [0.15, 0.2) is 89.9 Å². The minimum atomic E-state index is -2.82. The zero-order valence-electron chi connectivity index (χ0n) is 13.0. The number of nitrogens with zero attached hydrogens (tertiary/aromatic N) is 1. The molecule has 0 radical (unpaired) electrons. The number of rotatable bonds is 5. The Kier molecular flexibility index (Phi) is 5.30. The first-order valence-corrected chi connectivity index (χ1v) is 9.92. The Hall–Kier alpha value is -2.15. The summed E-state index contributed by atoms with van der Waals surface area (Å²) in [4.78, 5) is 4.45. The number of hydrogen-bond acceptors (Lipinski definition) is 2. The Labute approximate surface area is 147 Å². The lowest BCUT2D eigenvalue weighted by atomic mass is 10.2. The molecule has 0 saturated heterocycles. The van der Waals surface area contributed by atoms with Gasteiger partial charge in [-0.2, -0.15) is 0 Å². The van der Waals surface area contributed by atoms with Crippen LogP contribution in [-0.2, 0) is 4.57 Å². The highest BCUT2D eigenvalue weighted by atomic mass is 35.5. The Balaban J connectivity index is 1.95. The highest BCUT2D eigenvalue weighted by Crippen LogP contribution is 2.43. The SMILES string of the molecule is O=P(C/N=C/c1ccccc1Cl)(c1ccccc1)c1ccccc1. The predicted molar refractivity (Wildman–Crippen MR) is 104 cm³/mol. The summed E-state index contributed by atoms with van der Waals surface area (Å²) in [6, 6.07) is 26.6. The van der Waals surface area contributed by atoms with Crippen LogP contribution in [0, 0.1) is 0 Å². The molecule has 0 aromatic heterocycles. The molecule has 0 N–H and O–H groups in total. The van der Waals surface area contributed by atoms with E-state index in [0.717, 1.165) is 16.2 Å². The standard InChI is InChI=1S/C20H17ClNOP/c21-20-14-8-7-9-17(20)15-22-16-24(23,18-10-3-1-4-11-18)19-12-5-2-6-13-19/h1-15H,16H2/b22-15+. The summed E-state index contributed by atoms with van der Waals surface area (Å²) in [5, 5.41) is 2.26. The van der Waals surface area contributed by atoms with Crippen molar-refractivity contribution in [3.8, 4) is 0 Å². The van der Waals surface area contributed by atoms with Crippen LogP contribution in [0.1, 0.15) is 5.56 Å². The van der Waals surface area contributed by atoms with Gasteiger partial charge in [0.25, 0.3) is 0 Å². The first-order valence-electron chi connectivity index (χ1n) is 7.65. The van der Waals surface area contributed by atoms with E-state index in [4.69, 9.17) is 11.6 Å². The van der Waals surface area contributed by atoms with Crippen LogP contribution >= 0.6 is 18.7 Å². The Morgan fingerprint density at radius 1 is 0.792 bits per heavy atom. The average molecular weight is 354 g/mol. The molecule has 0 atom stereocenters. The summed E-state index contributed by atoms with van der Waals surface area (Å²) >= 11 is 6.15. The Bertz CT molecular complexity index is 835. The van der Waals surface area contributed by atoms with Crippen molar-refractivity contribution in [2.24, 2.45) is 4.99 Å². The van der Waals surface area contributed by atoms with Crippen molar-refractivity contribution in [1.29, 1.82) is 0 Å². The van der Waals surface area contributed by atoms with E-state index in [0.29, 0.717) is 5.02 Å². The van der Waals surface area contributed by atoms with Gasteiger partial charge in [0.1, 0.15) is 0 Å². The van der Waals surface area contributed by atoms with Gasteiger partial charge in [-0.1, -0.05) is 90.5 Å². The van der Waals surface area contributed by atoms with Gasteiger partial charge in [0.2, 0.25) is 0 Å². The van der Waals surface area contributed by atoms with Gasteiger partial charge in [-0.05, 0) is 6.07 Å². The lowest BCUT2D eigenvalue weighted by Crippen LogP contribution is -2.17. The van der Waals surface area contributed by atoms with Crippen LogP contribution < -0.4 is 10.6 Å². The second-order valence-corrected chi connectivity index (χ2v) is 8.59. The van der Waals surface area contributed by atoms with E-state index in [-0.39, 0.29) is 6.29 Å². The number of aliphatic imine (C=N–C) groups is 1. The molecule has 4 heteroatoms. The van der Waals surface area contributed by atoms with E-state index < -0.39 is 7.14 Å². The summed E-state index contributed by atoms with van der Waals surface area (Å²) in [5.41, 5.74) is 0.826. The van der Waals surface area contributed by atoms with Gasteiger partial charge in [-0.15, -0.1) is 0 Å². The van der Waals surface area contributed by atoms with E-state index in [1.165, 1.54) is 0 Å². The molecule has 0 saturated carbocycles. The van der Waals surface area contributed by atoms with Crippen molar-refractivity contribution < 1.29 is 4.57 Å². The van der Waals surface area contributed by atoms with Gasteiger partial charge >= 0.3 is 0 Å². The maximum Gasteiger partial charge on any atom is 0.163 e. The maximum atomic E-state index is 13.7. The third-order valence-electron chi connectivity index (χ3n) is 3.76. The Morgan fingerprint density at radius 2 is 1.29 bits per heavy atom. The summed E-state index contributed by atoms with van der Waals surface area (Å²) in [7, 11) is -2.82. The first-order chi connectivity index (χ1) is 11.7. The summed E-state index contributed by atoms with van der Waals surface area (Å²) in [5.74, 6) is 0. The van der Waals surface area contributed by atoms with E-state index in [1.54, 1.807) is 6.21 Å². The summed E-state index contributed by atoms with van der Waals surface area (Å²) < 4.78 is 13.7. The zero-order chi connectivity index (χ0) is 16.8. The molecule has 2 nitrogen and oxygen atoms in total. The van der Waals surface area contributed by atoms with Crippen molar-refractivity contribution in [2.45, 2.75) is 0 Å². The molecule has 0 aliphatic rings. The van der Waals surface area contributed by atoms with Crippen LogP contribution in [0.2, 0.25) is 5.02 Å². The summed E-state index contributed by atoms with van der Waals surface area (Å²) in [6.45, 7) is 0. The molecule has 0 aliphatic carbocycles. The molecule has 0 unspecified atom stereocenters. The number of halogens is 1. The summed E-state index contributed by atoms with van der Waals surface area (Å²) in [6.07, 6.45) is 1.91. The molecule has 24 heavy (non-hydrogen) atoms. The third-order valence-corrected chi connectivity index (χ3v) is 6.93. The third kappa shape index (κ3) is 3.67. The normalized spacial score (nSPS) is 11.7. The molecule has 0 heterocycles. The van der Waals surface area contributed by atoms with Crippen molar-refractivity contribution in [3.05, 3.63) is 95.5 Å². The second kappa shape index (κ2) is 7.61. The number of benzene rings is 3. The lowest BCUT2D eigenvalue weighted by Gasteiger charge is -2.17. The molecule has 0 bridgehead atoms. The average Bonchev–Trinajstić information content (AvgIpc) is 2.64. The predicted octanol–water partition coefficient (Wildman–Crippen LogP) is 4.73. The molecule has 3 aromatic carbocycles. The van der Waals surface area contributed by atoms with Crippen molar-refractivity contribution in [3.63, 3.8) is 0 Å². The highest BCUT2D eigenvalue weighted by Gasteiger charge is 2.26. The minimum Gasteiger partial charge on any atom is -0.312 e. The fraction of sp³-hybridized carbons (Fsp3) is 0.0500. The van der Waals surface area contributed by atoms with Crippen LogP contribution in [0.25, 0.3) is 0 Å². The highest BCUT2D eigenvalue weighted by molar-refractivity contribution is 7.78. The van der Waals surface area contributed by atoms with Crippen molar-refractivity contribution in [1.82, 2.24) is 0 Å². The van der Waals surface area contributed by atoms with Crippen LogP contribution in [0.4, 0.5) is 0 Å². The molecule has 0 spiro atoms. The van der Waals surface area contributed by atoms with Crippen LogP contribution in [0.3, 0.4) is 0 Å². The smallest absolute Gasteiger partial charge is 0.163 e. The zero-order valence-corrected chi connectivity index (χ0v) is 14.7. The largest absolute Gasteiger partial charge is 0.312 e. The molecular formula is C20H17ClNOP. The van der Waals surface area contributed by atoms with Gasteiger partial charge in [0, 0.05) is 27.4 Å². The number of hydrogen-bond donors (Lipinski definition) is 0. The first kappa shape index (κ1) is 16.7. The molecule has 3 rings (SSSR count). The van der Waals surface area contributed by atoms with Crippen LogP contribution in [-0.4, -0.2) is 12.5 Å². The van der Waals surface area contributed by atoms with Gasteiger partial charge in [0.05, 0.1) is 6.29 Å². The van der Waals surface area contributed by atoms with E-state index in [1.807, 2.05) is 84.9 Å². The minimum absolute atomic E-state index is 0.215. The fourth-order valence-electron chi connectivity index (χ4n) is 2.48. The van der Waals surface area contributed by atoms with E-state index >= 15 is 0 Å². The van der Waals surface area contributed by atoms with Crippen molar-refractivity contribution in [2.75, 3.05) is 6.29 Å². The van der Waals surface area contributed by atoms with Crippen molar-refractivity contribution >= 4 is 35.6 Å². The van der Waals surface area contributed by atoms with E-state index in [2.05, 4.69) is 4.99 Å². The molecule has 0 amide bonds. The fourth-order valence-corrected chi connectivity index (χ4v) is 4.91. The molecular weight excluding hydrogens is 337 g/mol. The topological polar surface area (TPSA) is 29.4 Å². The molecule has 120 valence electrons. The monoisotopic (exact) mass is 353 g/mol. The van der Waals surface area contributed by atoms with E-state index in [9.17, 15) is 4.57 Å². The van der Waals surface area contributed by atoms with Gasteiger partial charge in [0.15, 0.2) is 7.14 Å². The van der Waals surface area contributed by atoms with Gasteiger partial charge in [-0.25, -0.2) is 0 Å². The molecule has 3 aromatic rings. The van der Waals surface area contributed by atoms with Gasteiger partial charge < -0.3 is 4.57 Å². The quantitative estimate of drug-likeness (QED) is 0.481. The molecule has 0 aliphatic heterocycles. The molecule has 0 fully saturated rings. The van der Waals surface area contributed by atoms with Gasteiger partial charge in [-0.3, -0.25) is 4.99 Å². The van der Waals surface area contributed by atoms with Crippen LogP contribution in [0.5, 0.6) is 0 Å². The second-order valence-electron chi connectivity index (χ2n) is 5.39.